The van der Waals surface area contributed by atoms with E-state index in [1.54, 1.807) is 0 Å². The Balaban J connectivity index is 2.66. The van der Waals surface area contributed by atoms with Gasteiger partial charge >= 0.3 is 0 Å². The molecule has 0 saturated carbocycles. The van der Waals surface area contributed by atoms with Crippen molar-refractivity contribution in [3.63, 3.8) is 0 Å². The zero-order chi connectivity index (χ0) is 4.83. The zero-order valence-electron chi connectivity index (χ0n) is 3.18. The van der Waals surface area contributed by atoms with E-state index in [0.717, 1.165) is 6.21 Å². The molecule has 0 aromatic heterocycles. The molecule has 0 aliphatic rings. The smallest absolute Gasteiger partial charge is 0.293 e. The minimum Gasteiger partial charge on any atom is -0.462 e. The summed E-state index contributed by atoms with van der Waals surface area (Å²) < 4.78 is 4.06. The molecule has 0 amide bonds. The van der Waals surface area contributed by atoms with E-state index in [4.69, 9.17) is 5.41 Å². The molecule has 0 bridgehead atoms. The molecule has 0 saturated heterocycles. The minimum atomic E-state index is 0.0868. The largest absolute Gasteiger partial charge is 0.462 e. The Labute approximate surface area is 35.4 Å². The van der Waals surface area contributed by atoms with Crippen LogP contribution < -0.4 is 0 Å². The lowest BCUT2D eigenvalue weighted by molar-refractivity contribution is -0.127. The molecule has 0 unspecified atom stereocenters. The number of carbonyl (C=O) groups is 1. The second-order valence-corrected chi connectivity index (χ2v) is 0.634. The van der Waals surface area contributed by atoms with Gasteiger partial charge in [0.25, 0.3) is 6.47 Å². The number of ether oxygens (including phenoxy) is 1. The average Bonchev–Trinajstić information content (AvgIpc) is 1.61. The third kappa shape index (κ3) is 3.14. The van der Waals surface area contributed by atoms with Crippen LogP contribution in [0.4, 0.5) is 0 Å². The van der Waals surface area contributed by atoms with Crippen LogP contribution in [0.2, 0.25) is 0 Å². The van der Waals surface area contributed by atoms with Crippen LogP contribution in [0.3, 0.4) is 0 Å². The van der Waals surface area contributed by atoms with Gasteiger partial charge in [0.2, 0.25) is 0 Å². The van der Waals surface area contributed by atoms with Gasteiger partial charge in [-0.1, -0.05) is 0 Å². The van der Waals surface area contributed by atoms with E-state index in [9.17, 15) is 4.79 Å². The number of nitrogens with one attached hydrogen (secondary N) is 1. The fraction of sp³-hybridized carbons (Fsp3) is 0.333. The molecule has 34 valence electrons. The van der Waals surface area contributed by atoms with Gasteiger partial charge in [-0.25, -0.2) is 0 Å². The third-order valence-corrected chi connectivity index (χ3v) is 0.248. The van der Waals surface area contributed by atoms with Crippen LogP contribution in [0.25, 0.3) is 0 Å². The van der Waals surface area contributed by atoms with Crippen molar-refractivity contribution in [1.29, 1.82) is 5.41 Å². The van der Waals surface area contributed by atoms with Gasteiger partial charge < -0.3 is 10.1 Å². The quantitative estimate of drug-likeness (QED) is 0.294. The normalized spacial score (nSPS) is 6.67. The van der Waals surface area contributed by atoms with Crippen molar-refractivity contribution in [2.45, 2.75) is 0 Å². The maximum atomic E-state index is 9.24. The fourth-order valence-corrected chi connectivity index (χ4v) is 0.0874. The summed E-state index contributed by atoms with van der Waals surface area (Å²) in [5.74, 6) is 0. The van der Waals surface area contributed by atoms with Gasteiger partial charge in [-0.3, -0.25) is 4.79 Å². The molecular weight excluding hydrogens is 82.0 g/mol. The summed E-state index contributed by atoms with van der Waals surface area (Å²) in [6.07, 6.45) is 1.01. The standard InChI is InChI=1S/C3H5NO2/c4-1-2-6-3-5/h1,3-4H,2H2. The molecular formula is C3H5NO2. The topological polar surface area (TPSA) is 50.1 Å². The molecule has 3 nitrogen and oxygen atoms in total. The van der Waals surface area contributed by atoms with Gasteiger partial charge in [-0.2, -0.15) is 0 Å². The van der Waals surface area contributed by atoms with Gasteiger partial charge in [0.1, 0.15) is 6.61 Å². The SMILES string of the molecule is N=CCOC=O. The Kier molecular flexibility index (Phi) is 3.55. The minimum absolute atomic E-state index is 0.0868. The molecule has 0 aliphatic carbocycles. The van der Waals surface area contributed by atoms with Crippen LogP contribution >= 0.6 is 0 Å². The molecule has 0 aromatic carbocycles. The Morgan fingerprint density at radius 3 is 2.67 bits per heavy atom. The van der Waals surface area contributed by atoms with Crippen molar-refractivity contribution >= 4 is 12.7 Å². The summed E-state index contributed by atoms with van der Waals surface area (Å²) >= 11 is 0. The first-order valence-electron chi connectivity index (χ1n) is 1.46. The van der Waals surface area contributed by atoms with Gasteiger partial charge in [-0.15, -0.1) is 0 Å². The summed E-state index contributed by atoms with van der Waals surface area (Å²) in [7, 11) is 0. The van der Waals surface area contributed by atoms with Crippen LogP contribution in [-0.2, 0) is 9.53 Å². The first-order valence-corrected chi connectivity index (χ1v) is 1.46. The molecule has 0 rings (SSSR count). The lowest BCUT2D eigenvalue weighted by Crippen LogP contribution is -1.89. The van der Waals surface area contributed by atoms with E-state index in [1.165, 1.54) is 0 Å². The van der Waals surface area contributed by atoms with E-state index < -0.39 is 0 Å². The lowest BCUT2D eigenvalue weighted by Gasteiger charge is -1.81. The molecule has 3 heteroatoms. The number of rotatable bonds is 3. The Morgan fingerprint density at radius 1 is 1.83 bits per heavy atom. The summed E-state index contributed by atoms with van der Waals surface area (Å²) in [5, 5.41) is 6.30. The van der Waals surface area contributed by atoms with Crippen molar-refractivity contribution in [3.8, 4) is 0 Å². The van der Waals surface area contributed by atoms with Crippen LogP contribution in [0.5, 0.6) is 0 Å². The van der Waals surface area contributed by atoms with E-state index in [1.807, 2.05) is 0 Å². The molecule has 0 aromatic rings. The lowest BCUT2D eigenvalue weighted by atomic mass is 10.8. The van der Waals surface area contributed by atoms with E-state index >= 15 is 0 Å². The van der Waals surface area contributed by atoms with Gasteiger partial charge in [0.05, 0.1) is 0 Å². The molecule has 6 heavy (non-hydrogen) atoms. The van der Waals surface area contributed by atoms with Crippen LogP contribution in [0.1, 0.15) is 0 Å². The van der Waals surface area contributed by atoms with Crippen LogP contribution in [0.15, 0.2) is 0 Å². The number of hydrogen-bond acceptors (Lipinski definition) is 3. The third-order valence-electron chi connectivity index (χ3n) is 0.248. The first kappa shape index (κ1) is 5.14. The molecule has 0 heterocycles. The van der Waals surface area contributed by atoms with Crippen molar-refractivity contribution in [1.82, 2.24) is 0 Å². The van der Waals surface area contributed by atoms with Crippen molar-refractivity contribution in [2.24, 2.45) is 0 Å². The molecule has 1 N–H and O–H groups in total. The van der Waals surface area contributed by atoms with E-state index in [-0.39, 0.29) is 6.61 Å². The highest BCUT2D eigenvalue weighted by Crippen LogP contribution is 1.54. The molecule has 0 atom stereocenters. The highest BCUT2D eigenvalue weighted by molar-refractivity contribution is 5.56. The maximum absolute atomic E-state index is 9.24. The Hall–Kier alpha value is -0.860. The highest BCUT2D eigenvalue weighted by atomic mass is 16.5. The Bertz CT molecular complexity index is 44.8. The zero-order valence-corrected chi connectivity index (χ0v) is 3.18. The highest BCUT2D eigenvalue weighted by Gasteiger charge is 1.67. The average molecular weight is 87.1 g/mol. The summed E-state index contributed by atoms with van der Waals surface area (Å²) in [6.45, 7) is 0.397. The first-order chi connectivity index (χ1) is 2.91. The fourth-order valence-electron chi connectivity index (χ4n) is 0.0874. The second kappa shape index (κ2) is 4.14. The van der Waals surface area contributed by atoms with E-state index in [0.29, 0.717) is 6.47 Å². The van der Waals surface area contributed by atoms with Gasteiger partial charge in [-0.05, 0) is 0 Å². The van der Waals surface area contributed by atoms with Crippen molar-refractivity contribution in [3.05, 3.63) is 0 Å². The van der Waals surface area contributed by atoms with Crippen molar-refractivity contribution < 1.29 is 9.53 Å². The summed E-state index contributed by atoms with van der Waals surface area (Å²) in [5.41, 5.74) is 0. The molecule has 0 aliphatic heterocycles. The van der Waals surface area contributed by atoms with Crippen LogP contribution in [-0.4, -0.2) is 19.3 Å². The predicted octanol–water partition coefficient (Wildman–Crippen LogP) is -0.191. The molecule has 0 radical (unpaired) electrons. The number of hydrogen-bond donors (Lipinski definition) is 1. The van der Waals surface area contributed by atoms with Crippen molar-refractivity contribution in [2.75, 3.05) is 6.61 Å². The van der Waals surface area contributed by atoms with Gasteiger partial charge in [0.15, 0.2) is 0 Å². The van der Waals surface area contributed by atoms with Crippen LogP contribution in [0, 0.1) is 5.41 Å². The van der Waals surface area contributed by atoms with E-state index in [2.05, 4.69) is 4.74 Å². The summed E-state index contributed by atoms with van der Waals surface area (Å²) in [6, 6.07) is 0. The monoisotopic (exact) mass is 87.0 g/mol. The second-order valence-electron chi connectivity index (χ2n) is 0.634. The number of carbonyl (C=O) groups excluding carboxylic acids is 1. The molecule has 0 fully saturated rings. The maximum Gasteiger partial charge on any atom is 0.293 e. The molecule has 0 spiro atoms. The summed E-state index contributed by atoms with van der Waals surface area (Å²) in [4.78, 5) is 9.24. The predicted molar refractivity (Wildman–Crippen MR) is 20.8 cm³/mol. The Morgan fingerprint density at radius 2 is 2.50 bits per heavy atom. The van der Waals surface area contributed by atoms with Gasteiger partial charge in [0, 0.05) is 6.21 Å².